The van der Waals surface area contributed by atoms with Crippen LogP contribution in [0, 0.1) is 0 Å². The predicted molar refractivity (Wildman–Crippen MR) is 82.7 cm³/mol. The van der Waals surface area contributed by atoms with Gasteiger partial charge < -0.3 is 14.8 Å². The van der Waals surface area contributed by atoms with Gasteiger partial charge in [0.2, 0.25) is 5.91 Å². The zero-order chi connectivity index (χ0) is 15.2. The maximum Gasteiger partial charge on any atom is 0.225 e. The maximum absolute atomic E-state index is 12.0. The topological polar surface area (TPSA) is 50.8 Å². The first-order valence-electron chi connectivity index (χ1n) is 7.38. The van der Waals surface area contributed by atoms with Crippen molar-refractivity contribution in [2.24, 2.45) is 0 Å². The van der Waals surface area contributed by atoms with Crippen LogP contribution in [0.1, 0.15) is 20.3 Å². The molecular formula is C16H24N2O3. The van der Waals surface area contributed by atoms with Crippen LogP contribution >= 0.6 is 0 Å². The monoisotopic (exact) mass is 292 g/mol. The highest BCUT2D eigenvalue weighted by molar-refractivity contribution is 5.91. The molecule has 1 aromatic rings. The molecule has 0 unspecified atom stereocenters. The first kappa shape index (κ1) is 15.8. The first-order chi connectivity index (χ1) is 10.1. The van der Waals surface area contributed by atoms with Crippen LogP contribution in [0.3, 0.4) is 0 Å². The average molecular weight is 292 g/mol. The van der Waals surface area contributed by atoms with Gasteiger partial charge in [-0.05, 0) is 26.0 Å². The SMILES string of the molecule is COc1cccc(NC(=O)CCN2C[C@@H](C)O[C@@H](C)C2)c1. The van der Waals surface area contributed by atoms with Gasteiger partial charge in [-0.25, -0.2) is 0 Å². The van der Waals surface area contributed by atoms with Gasteiger partial charge in [-0.15, -0.1) is 0 Å². The number of benzene rings is 1. The minimum Gasteiger partial charge on any atom is -0.497 e. The van der Waals surface area contributed by atoms with Crippen LogP contribution in [0.25, 0.3) is 0 Å². The van der Waals surface area contributed by atoms with E-state index in [1.807, 2.05) is 24.3 Å². The summed E-state index contributed by atoms with van der Waals surface area (Å²) < 4.78 is 10.8. The quantitative estimate of drug-likeness (QED) is 0.903. The predicted octanol–water partition coefficient (Wildman–Crippen LogP) is 2.13. The van der Waals surface area contributed by atoms with Crippen LogP contribution in [-0.2, 0) is 9.53 Å². The summed E-state index contributed by atoms with van der Waals surface area (Å²) in [4.78, 5) is 14.3. The van der Waals surface area contributed by atoms with E-state index in [1.54, 1.807) is 7.11 Å². The Morgan fingerprint density at radius 2 is 2.10 bits per heavy atom. The molecule has 0 aliphatic carbocycles. The lowest BCUT2D eigenvalue weighted by atomic mass is 10.2. The number of methoxy groups -OCH3 is 1. The van der Waals surface area contributed by atoms with Gasteiger partial charge in [-0.1, -0.05) is 6.07 Å². The Kier molecular flexibility index (Phi) is 5.59. The van der Waals surface area contributed by atoms with Gasteiger partial charge in [0.05, 0.1) is 19.3 Å². The fourth-order valence-electron chi connectivity index (χ4n) is 2.65. The van der Waals surface area contributed by atoms with E-state index in [4.69, 9.17) is 9.47 Å². The van der Waals surface area contributed by atoms with Crippen molar-refractivity contribution in [3.8, 4) is 5.75 Å². The summed E-state index contributed by atoms with van der Waals surface area (Å²) in [7, 11) is 1.61. The zero-order valence-corrected chi connectivity index (χ0v) is 13.0. The number of rotatable bonds is 5. The molecule has 0 saturated carbocycles. The van der Waals surface area contributed by atoms with Gasteiger partial charge in [0.15, 0.2) is 0 Å². The van der Waals surface area contributed by atoms with E-state index in [1.165, 1.54) is 0 Å². The minimum absolute atomic E-state index is 0.0232. The van der Waals surface area contributed by atoms with Crippen molar-refractivity contribution in [3.63, 3.8) is 0 Å². The molecule has 0 aromatic heterocycles. The third-order valence-electron chi connectivity index (χ3n) is 3.50. The maximum atomic E-state index is 12.0. The molecule has 21 heavy (non-hydrogen) atoms. The average Bonchev–Trinajstić information content (AvgIpc) is 2.44. The van der Waals surface area contributed by atoms with Crippen molar-refractivity contribution < 1.29 is 14.3 Å². The number of morpholine rings is 1. The third kappa shape index (κ3) is 5.02. The number of anilines is 1. The Bertz CT molecular complexity index is 468. The molecule has 1 aliphatic heterocycles. The largest absolute Gasteiger partial charge is 0.497 e. The van der Waals surface area contributed by atoms with Crippen LogP contribution < -0.4 is 10.1 Å². The van der Waals surface area contributed by atoms with Crippen molar-refractivity contribution in [3.05, 3.63) is 24.3 Å². The number of ether oxygens (including phenoxy) is 2. The Morgan fingerprint density at radius 1 is 1.38 bits per heavy atom. The molecule has 1 fully saturated rings. The number of hydrogen-bond donors (Lipinski definition) is 1. The second-order valence-corrected chi connectivity index (χ2v) is 5.55. The van der Waals surface area contributed by atoms with E-state index in [-0.39, 0.29) is 18.1 Å². The van der Waals surface area contributed by atoms with Gasteiger partial charge in [-0.2, -0.15) is 0 Å². The molecule has 1 N–H and O–H groups in total. The van der Waals surface area contributed by atoms with Gasteiger partial charge in [0, 0.05) is 37.8 Å². The molecule has 1 heterocycles. The Balaban J connectivity index is 1.79. The number of nitrogens with zero attached hydrogens (tertiary/aromatic N) is 1. The summed E-state index contributed by atoms with van der Waals surface area (Å²) in [5, 5.41) is 2.90. The molecule has 2 rings (SSSR count). The number of amides is 1. The Hall–Kier alpha value is -1.59. The standard InChI is InChI=1S/C16H24N2O3/c1-12-10-18(11-13(2)21-12)8-7-16(19)17-14-5-4-6-15(9-14)20-3/h4-6,9,12-13H,7-8,10-11H2,1-3H3,(H,17,19)/t12-,13+. The van der Waals surface area contributed by atoms with Crippen molar-refractivity contribution >= 4 is 11.6 Å². The van der Waals surface area contributed by atoms with E-state index >= 15 is 0 Å². The van der Waals surface area contributed by atoms with E-state index in [0.717, 1.165) is 31.1 Å². The van der Waals surface area contributed by atoms with Crippen molar-refractivity contribution in [1.29, 1.82) is 0 Å². The summed E-state index contributed by atoms with van der Waals surface area (Å²) in [5.74, 6) is 0.763. The van der Waals surface area contributed by atoms with Crippen LogP contribution in [0.15, 0.2) is 24.3 Å². The van der Waals surface area contributed by atoms with Gasteiger partial charge in [0.1, 0.15) is 5.75 Å². The molecule has 1 aromatic carbocycles. The number of hydrogen-bond acceptors (Lipinski definition) is 4. The van der Waals surface area contributed by atoms with Crippen molar-refractivity contribution in [1.82, 2.24) is 4.90 Å². The lowest BCUT2D eigenvalue weighted by molar-refractivity contribution is -0.117. The van der Waals surface area contributed by atoms with Gasteiger partial charge in [-0.3, -0.25) is 9.69 Å². The molecule has 1 aliphatic rings. The molecule has 116 valence electrons. The van der Waals surface area contributed by atoms with E-state index in [9.17, 15) is 4.79 Å². The molecule has 0 bridgehead atoms. The molecule has 1 amide bonds. The summed E-state index contributed by atoms with van der Waals surface area (Å²) >= 11 is 0. The summed E-state index contributed by atoms with van der Waals surface area (Å²) in [5.41, 5.74) is 0.767. The lowest BCUT2D eigenvalue weighted by Gasteiger charge is -2.35. The van der Waals surface area contributed by atoms with Crippen LogP contribution in [0.4, 0.5) is 5.69 Å². The molecular weight excluding hydrogens is 268 g/mol. The molecule has 5 nitrogen and oxygen atoms in total. The second kappa shape index (κ2) is 7.43. The summed E-state index contributed by atoms with van der Waals surface area (Å²) in [6.07, 6.45) is 0.946. The van der Waals surface area contributed by atoms with Crippen LogP contribution in [0.5, 0.6) is 5.75 Å². The summed E-state index contributed by atoms with van der Waals surface area (Å²) in [6.45, 7) is 6.67. The fraction of sp³-hybridized carbons (Fsp3) is 0.562. The molecule has 0 radical (unpaired) electrons. The number of nitrogens with one attached hydrogen (secondary N) is 1. The van der Waals surface area contributed by atoms with E-state index < -0.39 is 0 Å². The first-order valence-corrected chi connectivity index (χ1v) is 7.38. The van der Waals surface area contributed by atoms with Gasteiger partial charge in [0.25, 0.3) is 0 Å². The molecule has 1 saturated heterocycles. The Labute approximate surface area is 126 Å². The highest BCUT2D eigenvalue weighted by Gasteiger charge is 2.22. The van der Waals surface area contributed by atoms with Crippen molar-refractivity contribution in [2.45, 2.75) is 32.5 Å². The highest BCUT2D eigenvalue weighted by atomic mass is 16.5. The summed E-state index contributed by atoms with van der Waals surface area (Å²) in [6, 6.07) is 7.39. The molecule has 2 atom stereocenters. The Morgan fingerprint density at radius 3 is 2.76 bits per heavy atom. The van der Waals surface area contributed by atoms with E-state index in [2.05, 4.69) is 24.1 Å². The lowest BCUT2D eigenvalue weighted by Crippen LogP contribution is -2.46. The fourth-order valence-corrected chi connectivity index (χ4v) is 2.65. The zero-order valence-electron chi connectivity index (χ0n) is 13.0. The van der Waals surface area contributed by atoms with Crippen molar-refractivity contribution in [2.75, 3.05) is 32.1 Å². The number of carbonyl (C=O) groups is 1. The van der Waals surface area contributed by atoms with E-state index in [0.29, 0.717) is 6.42 Å². The normalized spacial score (nSPS) is 22.8. The smallest absolute Gasteiger partial charge is 0.225 e. The van der Waals surface area contributed by atoms with Gasteiger partial charge >= 0.3 is 0 Å². The van der Waals surface area contributed by atoms with Crippen LogP contribution in [0.2, 0.25) is 0 Å². The highest BCUT2D eigenvalue weighted by Crippen LogP contribution is 2.17. The molecule has 5 heteroatoms. The number of carbonyl (C=O) groups excluding carboxylic acids is 1. The third-order valence-corrected chi connectivity index (χ3v) is 3.50. The second-order valence-electron chi connectivity index (χ2n) is 5.55. The van der Waals surface area contributed by atoms with Crippen LogP contribution in [-0.4, -0.2) is 49.8 Å². The minimum atomic E-state index is 0.0232. The molecule has 0 spiro atoms.